The molecule has 1 N–H and O–H groups in total. The van der Waals surface area contributed by atoms with Crippen LogP contribution in [0.15, 0.2) is 45.6 Å². The molecule has 0 radical (unpaired) electrons. The summed E-state index contributed by atoms with van der Waals surface area (Å²) in [5.74, 6) is -1.33. The number of aryl methyl sites for hydroxylation is 2. The van der Waals surface area contributed by atoms with Crippen molar-refractivity contribution < 1.29 is 37.9 Å². The van der Waals surface area contributed by atoms with Gasteiger partial charge in [0.05, 0.1) is 12.1 Å². The van der Waals surface area contributed by atoms with E-state index < -0.39 is 29.8 Å². The van der Waals surface area contributed by atoms with Crippen LogP contribution in [0, 0.1) is 12.8 Å². The predicted octanol–water partition coefficient (Wildman–Crippen LogP) is 4.65. The Hall–Kier alpha value is -5.38. The number of carbonyl (C=O) groups excluding carboxylic acids is 5. The van der Waals surface area contributed by atoms with Gasteiger partial charge in [0.25, 0.3) is 5.91 Å². The third-order valence-electron chi connectivity index (χ3n) is 11.9. The molecule has 16 nitrogen and oxygen atoms in total. The fraction of sp³-hybridized carbons (Fsp3) is 0.591. The number of aromatic nitrogens is 1. The van der Waals surface area contributed by atoms with Gasteiger partial charge in [0.1, 0.15) is 0 Å². The molecule has 0 bridgehead atoms. The molecule has 0 saturated carbocycles. The second-order valence-electron chi connectivity index (χ2n) is 16.3. The van der Waals surface area contributed by atoms with E-state index in [-0.39, 0.29) is 31.8 Å². The monoisotopic (exact) mass is 833 g/mol. The lowest BCUT2D eigenvalue weighted by Crippen LogP contribution is -2.51. The molecule has 1 atom stereocenters. The number of likely N-dealkylation sites (N-methyl/N-ethyl adjacent to an activating group) is 1. The van der Waals surface area contributed by atoms with E-state index in [0.29, 0.717) is 82.3 Å². The van der Waals surface area contributed by atoms with Crippen molar-refractivity contribution in [3.8, 4) is 0 Å². The number of piperazine rings is 1. The summed E-state index contributed by atoms with van der Waals surface area (Å²) in [7, 11) is 3.66. The van der Waals surface area contributed by atoms with Crippen LogP contribution < -0.4 is 11.1 Å². The second kappa shape index (κ2) is 20.7. The normalized spacial score (nSPS) is 18.3. The van der Waals surface area contributed by atoms with Gasteiger partial charge in [-0.1, -0.05) is 45.5 Å². The maximum Gasteiger partial charge on any atom is 0.419 e. The molecule has 0 spiro atoms. The molecule has 328 valence electrons. The van der Waals surface area contributed by atoms with E-state index in [2.05, 4.69) is 17.1 Å². The number of para-hydroxylation sites is 1. The van der Waals surface area contributed by atoms with Crippen LogP contribution in [0.25, 0.3) is 11.1 Å². The number of oxazole rings is 1. The highest BCUT2D eigenvalue weighted by Crippen LogP contribution is 2.27. The summed E-state index contributed by atoms with van der Waals surface area (Å²) in [6, 6.07) is 11.4. The Morgan fingerprint density at radius 3 is 2.22 bits per heavy atom. The standard InChI is InChI=1S/C33H41N5O6.C10H18N2O3.CH4/c1-21-8-13-36(14-9-21)30(39)28(20-23-18-22(2)29-27(19-23)43-32(41)35(29)3)44-33(42)37-15-11-25(12-16-37)38-17-10-24-6-4-5-7-26(24)34-31(38)40;1-3-8-15-10(14)9(13)12-6-4-11(2)5-7-12;/h4-7,18-19,21,25,28H,8-17,20H2,1-3H3,(H,34,40);3-8H2,1-2H3;1H4/t28-;;/m1../s1. The Kier molecular flexibility index (Phi) is 15.8. The highest BCUT2D eigenvalue weighted by molar-refractivity contribution is 6.32. The van der Waals surface area contributed by atoms with Gasteiger partial charge in [0.2, 0.25) is 0 Å². The zero-order valence-corrected chi connectivity index (χ0v) is 35.1. The zero-order chi connectivity index (χ0) is 42.2. The van der Waals surface area contributed by atoms with Gasteiger partial charge in [-0.25, -0.2) is 19.2 Å². The molecular weight excluding hydrogens is 771 g/mol. The summed E-state index contributed by atoms with van der Waals surface area (Å²) in [5, 5.41) is 3.03. The van der Waals surface area contributed by atoms with Crippen LogP contribution in [-0.4, -0.2) is 144 Å². The summed E-state index contributed by atoms with van der Waals surface area (Å²) in [5.41, 5.74) is 4.72. The molecule has 1 aromatic heterocycles. The van der Waals surface area contributed by atoms with Crippen molar-refractivity contribution in [1.29, 1.82) is 0 Å². The molecule has 2 aromatic carbocycles. The van der Waals surface area contributed by atoms with Gasteiger partial charge >= 0.3 is 29.8 Å². The predicted molar refractivity (Wildman–Crippen MR) is 228 cm³/mol. The van der Waals surface area contributed by atoms with E-state index in [1.54, 1.807) is 27.8 Å². The van der Waals surface area contributed by atoms with Crippen LogP contribution in [-0.2, 0) is 43.7 Å². The molecule has 0 unspecified atom stereocenters. The Balaban J connectivity index is 0.000000362. The van der Waals surface area contributed by atoms with Crippen LogP contribution >= 0.6 is 0 Å². The Morgan fingerprint density at radius 2 is 1.53 bits per heavy atom. The summed E-state index contributed by atoms with van der Waals surface area (Å²) < 4.78 is 17.7. The maximum absolute atomic E-state index is 13.8. The average molecular weight is 834 g/mol. The number of amides is 5. The first-order valence-corrected chi connectivity index (χ1v) is 21.0. The number of carbonyl (C=O) groups is 5. The van der Waals surface area contributed by atoms with E-state index >= 15 is 0 Å². The number of nitrogens with zero attached hydrogens (tertiary/aromatic N) is 6. The van der Waals surface area contributed by atoms with Gasteiger partial charge < -0.3 is 43.7 Å². The topological polar surface area (TPSA) is 167 Å². The molecule has 5 amide bonds. The van der Waals surface area contributed by atoms with Gasteiger partial charge in [-0.15, -0.1) is 0 Å². The third-order valence-corrected chi connectivity index (χ3v) is 11.9. The number of ether oxygens (including phenoxy) is 2. The fourth-order valence-corrected chi connectivity index (χ4v) is 8.21. The van der Waals surface area contributed by atoms with E-state index in [0.717, 1.165) is 61.2 Å². The number of esters is 1. The molecule has 3 saturated heterocycles. The quantitative estimate of drug-likeness (QED) is 0.262. The van der Waals surface area contributed by atoms with Crippen molar-refractivity contribution in [2.24, 2.45) is 13.0 Å². The lowest BCUT2D eigenvalue weighted by atomic mass is 9.98. The molecule has 4 aliphatic heterocycles. The largest absolute Gasteiger partial charge is 0.459 e. The van der Waals surface area contributed by atoms with Crippen molar-refractivity contribution >= 4 is 46.7 Å². The van der Waals surface area contributed by atoms with E-state index in [1.807, 2.05) is 56.1 Å². The number of anilines is 1. The number of hydrogen-bond donors (Lipinski definition) is 1. The van der Waals surface area contributed by atoms with Gasteiger partial charge in [0, 0.05) is 84.1 Å². The smallest absolute Gasteiger partial charge is 0.419 e. The van der Waals surface area contributed by atoms with E-state index in [4.69, 9.17) is 13.9 Å². The molecular formula is C44H63N7O9. The molecule has 7 rings (SSSR count). The Bertz CT molecular complexity index is 2040. The number of rotatable bonds is 7. The highest BCUT2D eigenvalue weighted by atomic mass is 16.6. The van der Waals surface area contributed by atoms with Crippen LogP contribution in [0.5, 0.6) is 0 Å². The number of fused-ring (bicyclic) bond motifs is 2. The van der Waals surface area contributed by atoms with Gasteiger partial charge in [0.15, 0.2) is 11.7 Å². The van der Waals surface area contributed by atoms with E-state index in [9.17, 15) is 28.8 Å². The summed E-state index contributed by atoms with van der Waals surface area (Å²) in [6.45, 7) is 11.9. The Labute approximate surface area is 352 Å². The molecule has 60 heavy (non-hydrogen) atoms. The zero-order valence-electron chi connectivity index (χ0n) is 35.1. The lowest BCUT2D eigenvalue weighted by molar-refractivity contribution is -0.161. The number of nitrogens with one attached hydrogen (secondary N) is 1. The van der Waals surface area contributed by atoms with Crippen molar-refractivity contribution in [3.63, 3.8) is 0 Å². The minimum Gasteiger partial charge on any atom is -0.459 e. The van der Waals surface area contributed by atoms with Crippen molar-refractivity contribution in [3.05, 3.63) is 63.6 Å². The molecule has 5 heterocycles. The van der Waals surface area contributed by atoms with Crippen LogP contribution in [0.4, 0.5) is 15.3 Å². The van der Waals surface area contributed by atoms with Crippen molar-refractivity contribution in [2.45, 2.75) is 85.3 Å². The van der Waals surface area contributed by atoms with Gasteiger partial charge in [-0.05, 0) is 87.2 Å². The Morgan fingerprint density at radius 1 is 0.867 bits per heavy atom. The van der Waals surface area contributed by atoms with E-state index in [1.165, 1.54) is 4.57 Å². The maximum atomic E-state index is 13.8. The fourth-order valence-electron chi connectivity index (χ4n) is 8.21. The SMILES string of the molecule is C.CCCOC(=O)C(=O)N1CCN(C)CC1.Cc1cc(C[C@@H](OC(=O)N2CCC(N3CCc4ccccc4NC3=O)CC2)C(=O)N2CCC(C)CC2)cc2oc(=O)n(C)c12. The minimum atomic E-state index is -1.00. The highest BCUT2D eigenvalue weighted by Gasteiger charge is 2.35. The van der Waals surface area contributed by atoms with Crippen LogP contribution in [0.2, 0.25) is 0 Å². The number of benzene rings is 2. The first-order chi connectivity index (χ1) is 28.3. The number of urea groups is 1. The molecule has 4 aliphatic rings. The summed E-state index contributed by atoms with van der Waals surface area (Å²) in [6.07, 6.45) is 3.24. The summed E-state index contributed by atoms with van der Waals surface area (Å²) >= 11 is 0. The second-order valence-corrected chi connectivity index (χ2v) is 16.3. The van der Waals surface area contributed by atoms with Crippen LogP contribution in [0.3, 0.4) is 0 Å². The lowest BCUT2D eigenvalue weighted by Gasteiger charge is -2.38. The summed E-state index contributed by atoms with van der Waals surface area (Å²) in [4.78, 5) is 84.2. The first kappa shape index (κ1) is 45.7. The molecule has 0 aliphatic carbocycles. The molecule has 3 aromatic rings. The van der Waals surface area contributed by atoms with Crippen LogP contribution in [0.1, 0.15) is 70.1 Å². The number of piperidine rings is 2. The average Bonchev–Trinajstić information content (AvgIpc) is 3.41. The third kappa shape index (κ3) is 11.1. The minimum absolute atomic E-state index is 0. The van der Waals surface area contributed by atoms with Gasteiger partial charge in [-0.3, -0.25) is 14.2 Å². The van der Waals surface area contributed by atoms with Crippen molar-refractivity contribution in [2.75, 3.05) is 77.9 Å². The molecule has 16 heteroatoms. The first-order valence-electron chi connectivity index (χ1n) is 21.0. The van der Waals surface area contributed by atoms with Gasteiger partial charge in [-0.2, -0.15) is 0 Å². The number of hydrogen-bond acceptors (Lipinski definition) is 10. The molecule has 3 fully saturated rings. The number of likely N-dealkylation sites (tertiary alicyclic amines) is 2. The van der Waals surface area contributed by atoms with Crippen molar-refractivity contribution in [1.82, 2.24) is 29.1 Å².